The van der Waals surface area contributed by atoms with Gasteiger partial charge in [0.05, 0.1) is 12.9 Å². The molecule has 132 valence electrons. The molecular weight excluding hydrogens is 328 g/mol. The van der Waals surface area contributed by atoms with E-state index in [4.69, 9.17) is 9.26 Å². The summed E-state index contributed by atoms with van der Waals surface area (Å²) in [6.07, 6.45) is 1.85. The molecule has 0 spiro atoms. The van der Waals surface area contributed by atoms with Crippen molar-refractivity contribution < 1.29 is 17.7 Å². The van der Waals surface area contributed by atoms with E-state index in [0.29, 0.717) is 31.0 Å². The third kappa shape index (κ3) is 5.63. The van der Waals surface area contributed by atoms with Gasteiger partial charge in [0.25, 0.3) is 0 Å². The van der Waals surface area contributed by atoms with Crippen LogP contribution in [0.2, 0.25) is 0 Å². The van der Waals surface area contributed by atoms with Crippen molar-refractivity contribution in [2.45, 2.75) is 38.9 Å². The molecule has 0 radical (unpaired) electrons. The van der Waals surface area contributed by atoms with E-state index in [1.807, 2.05) is 38.1 Å². The van der Waals surface area contributed by atoms with Gasteiger partial charge in [-0.15, -0.1) is 0 Å². The minimum atomic E-state index is -3.28. The number of para-hydroxylation sites is 1. The summed E-state index contributed by atoms with van der Waals surface area (Å²) in [5, 5.41) is 3.82. The first-order valence-electron chi connectivity index (χ1n) is 8.03. The zero-order valence-electron chi connectivity index (χ0n) is 14.4. The highest BCUT2D eigenvalue weighted by Crippen LogP contribution is 2.19. The molecule has 2 aromatic rings. The Hall–Kier alpha value is -1.89. The quantitative estimate of drug-likeness (QED) is 0.690. The van der Waals surface area contributed by atoms with E-state index < -0.39 is 9.84 Å². The minimum Gasteiger partial charge on any atom is -0.496 e. The molecule has 24 heavy (non-hydrogen) atoms. The molecule has 1 heterocycles. The fraction of sp³-hybridized carbons (Fsp3) is 0.529. The highest BCUT2D eigenvalue weighted by atomic mass is 32.2. The molecular formula is C17H24N2O4S. The lowest BCUT2D eigenvalue weighted by atomic mass is 10.1. The predicted octanol–water partition coefficient (Wildman–Crippen LogP) is 2.82. The van der Waals surface area contributed by atoms with Crippen molar-refractivity contribution in [3.05, 3.63) is 41.5 Å². The molecule has 0 N–H and O–H groups in total. The monoisotopic (exact) mass is 352 g/mol. The van der Waals surface area contributed by atoms with Crippen LogP contribution in [0.1, 0.15) is 37.5 Å². The van der Waals surface area contributed by atoms with Gasteiger partial charge in [-0.3, -0.25) is 0 Å². The summed E-state index contributed by atoms with van der Waals surface area (Å²) >= 11 is 0. The normalized spacial score (nSPS) is 11.8. The number of aryl methyl sites for hydroxylation is 1. The van der Waals surface area contributed by atoms with E-state index in [0.717, 1.165) is 11.3 Å². The maximum absolute atomic E-state index is 12.2. The van der Waals surface area contributed by atoms with Crippen molar-refractivity contribution in [1.82, 2.24) is 10.1 Å². The van der Waals surface area contributed by atoms with E-state index in [1.54, 1.807) is 7.11 Å². The molecule has 0 aliphatic rings. The Bertz CT molecular complexity index is 753. The van der Waals surface area contributed by atoms with Gasteiger partial charge < -0.3 is 9.26 Å². The van der Waals surface area contributed by atoms with Crippen LogP contribution < -0.4 is 4.74 Å². The second kappa shape index (κ2) is 8.28. The van der Waals surface area contributed by atoms with E-state index in [1.165, 1.54) is 0 Å². The molecule has 0 amide bonds. The Kier molecular flexibility index (Phi) is 6.36. The van der Waals surface area contributed by atoms with E-state index in [2.05, 4.69) is 10.1 Å². The van der Waals surface area contributed by atoms with Crippen LogP contribution in [-0.2, 0) is 28.4 Å². The first-order valence-corrected chi connectivity index (χ1v) is 9.85. The minimum absolute atomic E-state index is 0.0763. The number of sulfone groups is 1. The van der Waals surface area contributed by atoms with E-state index >= 15 is 0 Å². The number of methoxy groups -OCH3 is 1. The van der Waals surface area contributed by atoms with Crippen molar-refractivity contribution >= 4 is 9.84 Å². The molecule has 1 aromatic heterocycles. The van der Waals surface area contributed by atoms with Gasteiger partial charge in [0.15, 0.2) is 15.7 Å². The number of aromatic nitrogens is 2. The van der Waals surface area contributed by atoms with Gasteiger partial charge in [-0.25, -0.2) is 8.42 Å². The fourth-order valence-corrected chi connectivity index (χ4v) is 3.67. The lowest BCUT2D eigenvalue weighted by Gasteiger charge is -2.07. The Morgan fingerprint density at radius 2 is 2.00 bits per heavy atom. The summed E-state index contributed by atoms with van der Waals surface area (Å²) < 4.78 is 34.8. The maximum atomic E-state index is 12.2. The Morgan fingerprint density at radius 3 is 2.71 bits per heavy atom. The van der Waals surface area contributed by atoms with Gasteiger partial charge >= 0.3 is 0 Å². The lowest BCUT2D eigenvalue weighted by molar-refractivity contribution is 0.380. The van der Waals surface area contributed by atoms with Crippen LogP contribution in [0.3, 0.4) is 0 Å². The molecule has 0 atom stereocenters. The van der Waals surface area contributed by atoms with Crippen LogP contribution in [0.25, 0.3) is 0 Å². The topological polar surface area (TPSA) is 82.3 Å². The summed E-state index contributed by atoms with van der Waals surface area (Å²) in [5.41, 5.74) is 1.01. The number of nitrogens with zero attached hydrogens (tertiary/aromatic N) is 2. The summed E-state index contributed by atoms with van der Waals surface area (Å²) in [7, 11) is -1.67. The summed E-state index contributed by atoms with van der Waals surface area (Å²) in [6.45, 7) is 4.09. The van der Waals surface area contributed by atoms with Crippen LogP contribution in [0.15, 0.2) is 28.8 Å². The molecule has 0 aliphatic heterocycles. The highest BCUT2D eigenvalue weighted by Gasteiger charge is 2.18. The van der Waals surface area contributed by atoms with Crippen LogP contribution in [0.5, 0.6) is 5.75 Å². The number of rotatable bonds is 9. The molecule has 1 aromatic carbocycles. The molecule has 0 bridgehead atoms. The number of hydrogen-bond acceptors (Lipinski definition) is 6. The molecule has 0 saturated carbocycles. The molecule has 6 nitrogen and oxygen atoms in total. The highest BCUT2D eigenvalue weighted by molar-refractivity contribution is 7.90. The molecule has 2 rings (SSSR count). The average Bonchev–Trinajstić information content (AvgIpc) is 2.93. The molecule has 0 saturated heterocycles. The molecule has 7 heteroatoms. The SMILES string of the molecule is COc1ccccc1CCCS(=O)(=O)Cc1nc(CC(C)C)no1. The third-order valence-corrected chi connectivity index (χ3v) is 5.14. The fourth-order valence-electron chi connectivity index (χ4n) is 2.45. The van der Waals surface area contributed by atoms with Crippen molar-refractivity contribution in [2.75, 3.05) is 12.9 Å². The zero-order valence-corrected chi connectivity index (χ0v) is 15.2. The van der Waals surface area contributed by atoms with Gasteiger partial charge in [-0.05, 0) is 30.4 Å². The summed E-state index contributed by atoms with van der Waals surface area (Å²) in [4.78, 5) is 4.15. The number of benzene rings is 1. The van der Waals surface area contributed by atoms with Crippen molar-refractivity contribution in [2.24, 2.45) is 5.92 Å². The van der Waals surface area contributed by atoms with Crippen LogP contribution in [-0.4, -0.2) is 31.4 Å². The first kappa shape index (κ1) is 18.4. The van der Waals surface area contributed by atoms with Gasteiger partial charge in [0, 0.05) is 6.42 Å². The van der Waals surface area contributed by atoms with Crippen molar-refractivity contribution in [3.63, 3.8) is 0 Å². The predicted molar refractivity (Wildman–Crippen MR) is 91.6 cm³/mol. The molecule has 0 fully saturated rings. The van der Waals surface area contributed by atoms with Crippen LogP contribution in [0, 0.1) is 5.92 Å². The number of ether oxygens (including phenoxy) is 1. The largest absolute Gasteiger partial charge is 0.496 e. The summed E-state index contributed by atoms with van der Waals surface area (Å²) in [5.74, 6) is 1.78. The second-order valence-electron chi connectivity index (χ2n) is 6.21. The smallest absolute Gasteiger partial charge is 0.241 e. The Morgan fingerprint density at radius 1 is 1.25 bits per heavy atom. The van der Waals surface area contributed by atoms with Gasteiger partial charge in [-0.1, -0.05) is 37.2 Å². The lowest BCUT2D eigenvalue weighted by Crippen LogP contribution is -2.11. The van der Waals surface area contributed by atoms with Gasteiger partial charge in [0.2, 0.25) is 5.89 Å². The molecule has 0 aliphatic carbocycles. The van der Waals surface area contributed by atoms with Crippen LogP contribution >= 0.6 is 0 Å². The van der Waals surface area contributed by atoms with E-state index in [9.17, 15) is 8.42 Å². The maximum Gasteiger partial charge on any atom is 0.241 e. The van der Waals surface area contributed by atoms with Crippen molar-refractivity contribution in [3.8, 4) is 5.75 Å². The van der Waals surface area contributed by atoms with E-state index in [-0.39, 0.29) is 17.4 Å². The third-order valence-electron chi connectivity index (χ3n) is 3.54. The standard InChI is InChI=1S/C17H24N2O4S/c1-13(2)11-16-18-17(23-19-16)12-24(20,21)10-6-8-14-7-4-5-9-15(14)22-3/h4-5,7,9,13H,6,8,10-12H2,1-3H3. The average molecular weight is 352 g/mol. The second-order valence-corrected chi connectivity index (χ2v) is 8.39. The number of hydrogen-bond donors (Lipinski definition) is 0. The Balaban J connectivity index is 1.88. The summed E-state index contributed by atoms with van der Waals surface area (Å²) in [6, 6.07) is 7.63. The molecule has 0 unspecified atom stereocenters. The Labute approximate surface area is 143 Å². The van der Waals surface area contributed by atoms with Crippen molar-refractivity contribution in [1.29, 1.82) is 0 Å². The van der Waals surface area contributed by atoms with Gasteiger partial charge in [0.1, 0.15) is 11.5 Å². The van der Waals surface area contributed by atoms with Gasteiger partial charge in [-0.2, -0.15) is 4.98 Å². The zero-order chi connectivity index (χ0) is 17.6. The van der Waals surface area contributed by atoms with Crippen LogP contribution in [0.4, 0.5) is 0 Å². The first-order chi connectivity index (χ1) is 11.4.